The molecule has 0 saturated carbocycles. The third-order valence-electron chi connectivity index (χ3n) is 4.46. The lowest BCUT2D eigenvalue weighted by Crippen LogP contribution is -2.27. The molecule has 1 rings (SSSR count). The smallest absolute Gasteiger partial charge is 0.311 e. The van der Waals surface area contributed by atoms with E-state index in [0.29, 0.717) is 6.42 Å². The zero-order valence-electron chi connectivity index (χ0n) is 13.5. The molecule has 2 unspecified atom stereocenters. The van der Waals surface area contributed by atoms with Crippen LogP contribution in [0.2, 0.25) is 0 Å². The number of aliphatic carboxylic acids is 1. The molecule has 4 heteroatoms. The molecule has 0 amide bonds. The number of unbranched alkanes of at least 4 members (excludes halogenated alkanes) is 8. The van der Waals surface area contributed by atoms with Crippen LogP contribution in [-0.4, -0.2) is 23.1 Å². The number of rotatable bonds is 11. The van der Waals surface area contributed by atoms with Crippen molar-refractivity contribution in [2.24, 2.45) is 11.8 Å². The van der Waals surface area contributed by atoms with Crippen LogP contribution in [0.3, 0.4) is 0 Å². The van der Waals surface area contributed by atoms with Crippen LogP contribution < -0.4 is 0 Å². The van der Waals surface area contributed by atoms with Crippen LogP contribution in [0.25, 0.3) is 0 Å². The van der Waals surface area contributed by atoms with E-state index in [2.05, 4.69) is 6.92 Å². The first-order valence-electron chi connectivity index (χ1n) is 8.51. The number of hydrogen-bond donors (Lipinski definition) is 1. The molecular formula is C17H30O4. The largest absolute Gasteiger partial charge is 0.481 e. The summed E-state index contributed by atoms with van der Waals surface area (Å²) in [6.45, 7) is 3.87. The van der Waals surface area contributed by atoms with Crippen LogP contribution in [0.4, 0.5) is 0 Å². The number of cyclic esters (lactones) is 1. The first-order valence-corrected chi connectivity index (χ1v) is 8.51. The average molecular weight is 298 g/mol. The number of ether oxygens (including phenoxy) is 1. The van der Waals surface area contributed by atoms with Crippen molar-refractivity contribution < 1.29 is 19.4 Å². The zero-order valence-corrected chi connectivity index (χ0v) is 13.5. The molecule has 0 bridgehead atoms. The van der Waals surface area contributed by atoms with Crippen molar-refractivity contribution in [1.29, 1.82) is 0 Å². The Morgan fingerprint density at radius 2 is 1.57 bits per heavy atom. The summed E-state index contributed by atoms with van der Waals surface area (Å²) in [5, 5.41) is 9.18. The van der Waals surface area contributed by atoms with Crippen molar-refractivity contribution in [2.45, 2.75) is 84.2 Å². The summed E-state index contributed by atoms with van der Waals surface area (Å²) < 4.78 is 5.20. The fraction of sp³-hybridized carbons (Fsp3) is 0.882. The molecule has 21 heavy (non-hydrogen) atoms. The molecule has 0 aliphatic carbocycles. The maximum absolute atomic E-state index is 11.5. The van der Waals surface area contributed by atoms with Gasteiger partial charge >= 0.3 is 11.9 Å². The van der Waals surface area contributed by atoms with E-state index in [9.17, 15) is 14.7 Å². The van der Waals surface area contributed by atoms with Crippen molar-refractivity contribution in [3.05, 3.63) is 0 Å². The van der Waals surface area contributed by atoms with Crippen molar-refractivity contribution in [3.8, 4) is 0 Å². The quantitative estimate of drug-likeness (QED) is 0.459. The third-order valence-corrected chi connectivity index (χ3v) is 4.46. The first-order chi connectivity index (χ1) is 10.1. The first kappa shape index (κ1) is 18.0. The summed E-state index contributed by atoms with van der Waals surface area (Å²) in [6, 6.07) is 0. The molecule has 122 valence electrons. The van der Waals surface area contributed by atoms with E-state index in [4.69, 9.17) is 4.74 Å². The SMILES string of the molecule is CCCCCCCCCCCC1OC(=O)C(C)[C@H]1C(=O)O. The third kappa shape index (κ3) is 6.06. The van der Waals surface area contributed by atoms with E-state index in [0.717, 1.165) is 12.8 Å². The van der Waals surface area contributed by atoms with E-state index in [-0.39, 0.29) is 5.97 Å². The Morgan fingerprint density at radius 3 is 2.10 bits per heavy atom. The van der Waals surface area contributed by atoms with Gasteiger partial charge in [0.25, 0.3) is 0 Å². The molecule has 0 radical (unpaired) electrons. The van der Waals surface area contributed by atoms with Crippen LogP contribution in [-0.2, 0) is 14.3 Å². The molecule has 0 aromatic carbocycles. The van der Waals surface area contributed by atoms with Gasteiger partial charge in [-0.15, -0.1) is 0 Å². The van der Waals surface area contributed by atoms with Gasteiger partial charge in [0.15, 0.2) is 0 Å². The van der Waals surface area contributed by atoms with Crippen molar-refractivity contribution >= 4 is 11.9 Å². The maximum Gasteiger partial charge on any atom is 0.311 e. The summed E-state index contributed by atoms with van der Waals surface area (Å²) >= 11 is 0. The Balaban J connectivity index is 2.09. The van der Waals surface area contributed by atoms with Gasteiger partial charge < -0.3 is 9.84 Å². The minimum atomic E-state index is -0.908. The molecule has 1 heterocycles. The Hall–Kier alpha value is -1.06. The number of esters is 1. The van der Waals surface area contributed by atoms with Gasteiger partial charge in [0.1, 0.15) is 12.0 Å². The summed E-state index contributed by atoms with van der Waals surface area (Å²) in [4.78, 5) is 22.7. The molecule has 1 N–H and O–H groups in total. The van der Waals surface area contributed by atoms with E-state index in [1.807, 2.05) is 0 Å². The standard InChI is InChI=1S/C17H30O4/c1-3-4-5-6-7-8-9-10-11-12-14-15(16(18)19)13(2)17(20)21-14/h13-15H,3-12H2,1-2H3,(H,18,19)/t13?,14?,15-/m1/s1. The molecule has 0 aromatic rings. The highest BCUT2D eigenvalue weighted by molar-refractivity contribution is 5.84. The van der Waals surface area contributed by atoms with Crippen molar-refractivity contribution in [2.75, 3.05) is 0 Å². The lowest BCUT2D eigenvalue weighted by Gasteiger charge is -2.15. The molecule has 0 spiro atoms. The zero-order chi connectivity index (χ0) is 15.7. The van der Waals surface area contributed by atoms with Gasteiger partial charge in [-0.2, -0.15) is 0 Å². The second kappa shape index (κ2) is 9.80. The second-order valence-electron chi connectivity index (χ2n) is 6.25. The van der Waals surface area contributed by atoms with Gasteiger partial charge in [-0.25, -0.2) is 0 Å². The lowest BCUT2D eigenvalue weighted by atomic mass is 9.89. The average Bonchev–Trinajstić information content (AvgIpc) is 2.72. The Labute approximate surface area is 128 Å². The second-order valence-corrected chi connectivity index (χ2v) is 6.25. The molecule has 4 nitrogen and oxygen atoms in total. The van der Waals surface area contributed by atoms with Gasteiger partial charge in [0, 0.05) is 0 Å². The molecular weight excluding hydrogens is 268 g/mol. The summed E-state index contributed by atoms with van der Waals surface area (Å²) in [5.41, 5.74) is 0. The monoisotopic (exact) mass is 298 g/mol. The predicted octanol–water partition coefficient (Wildman–Crippen LogP) is 4.17. The van der Waals surface area contributed by atoms with Crippen LogP contribution in [0, 0.1) is 11.8 Å². The molecule has 1 aliphatic heterocycles. The Kier molecular flexibility index (Phi) is 8.40. The van der Waals surface area contributed by atoms with Gasteiger partial charge in [0.05, 0.1) is 5.92 Å². The fourth-order valence-electron chi connectivity index (χ4n) is 3.07. The fourth-order valence-corrected chi connectivity index (χ4v) is 3.07. The van der Waals surface area contributed by atoms with Gasteiger partial charge in [-0.05, 0) is 12.8 Å². The predicted molar refractivity (Wildman–Crippen MR) is 82.0 cm³/mol. The number of carboxylic acid groups (broad SMARTS) is 1. The van der Waals surface area contributed by atoms with Crippen LogP contribution in [0.1, 0.15) is 78.1 Å². The van der Waals surface area contributed by atoms with Gasteiger partial charge in [-0.1, -0.05) is 65.2 Å². The lowest BCUT2D eigenvalue weighted by molar-refractivity contribution is -0.144. The molecule has 0 aromatic heterocycles. The Bertz CT molecular complexity index is 327. The van der Waals surface area contributed by atoms with E-state index in [1.54, 1.807) is 6.92 Å². The number of carboxylic acids is 1. The highest BCUT2D eigenvalue weighted by Crippen LogP contribution is 2.31. The van der Waals surface area contributed by atoms with Crippen LogP contribution in [0.5, 0.6) is 0 Å². The summed E-state index contributed by atoms with van der Waals surface area (Å²) in [6.07, 6.45) is 11.3. The molecule has 1 aliphatic rings. The topological polar surface area (TPSA) is 63.6 Å². The van der Waals surface area contributed by atoms with E-state index < -0.39 is 23.9 Å². The summed E-state index contributed by atoms with van der Waals surface area (Å²) in [5.74, 6) is -2.43. The number of carbonyl (C=O) groups excluding carboxylic acids is 1. The highest BCUT2D eigenvalue weighted by Gasteiger charge is 2.45. The summed E-state index contributed by atoms with van der Waals surface area (Å²) in [7, 11) is 0. The van der Waals surface area contributed by atoms with E-state index in [1.165, 1.54) is 44.9 Å². The van der Waals surface area contributed by atoms with Gasteiger partial charge in [0.2, 0.25) is 0 Å². The highest BCUT2D eigenvalue weighted by atomic mass is 16.6. The van der Waals surface area contributed by atoms with E-state index >= 15 is 0 Å². The molecule has 1 saturated heterocycles. The van der Waals surface area contributed by atoms with Crippen LogP contribution >= 0.6 is 0 Å². The normalized spacial score (nSPS) is 25.0. The minimum Gasteiger partial charge on any atom is -0.481 e. The van der Waals surface area contributed by atoms with Gasteiger partial charge in [-0.3, -0.25) is 9.59 Å². The molecule has 3 atom stereocenters. The minimum absolute atomic E-state index is 0.358. The Morgan fingerprint density at radius 1 is 1.05 bits per heavy atom. The van der Waals surface area contributed by atoms with Crippen molar-refractivity contribution in [3.63, 3.8) is 0 Å². The molecule has 1 fully saturated rings. The maximum atomic E-state index is 11.5. The number of carbonyl (C=O) groups is 2. The number of hydrogen-bond acceptors (Lipinski definition) is 3. The van der Waals surface area contributed by atoms with Crippen molar-refractivity contribution in [1.82, 2.24) is 0 Å². The van der Waals surface area contributed by atoms with Crippen LogP contribution in [0.15, 0.2) is 0 Å².